The van der Waals surface area contributed by atoms with Crippen LogP contribution in [0.3, 0.4) is 0 Å². The molecule has 0 aliphatic carbocycles. The van der Waals surface area contributed by atoms with Crippen LogP contribution in [0.2, 0.25) is 0 Å². The van der Waals surface area contributed by atoms with E-state index < -0.39 is 11.5 Å². The van der Waals surface area contributed by atoms with E-state index >= 15 is 0 Å². The number of rotatable bonds is 8. The maximum absolute atomic E-state index is 11.2. The number of aliphatic carboxylic acids is 1. The highest BCUT2D eigenvalue weighted by Gasteiger charge is 2.30. The van der Waals surface area contributed by atoms with Crippen LogP contribution in [-0.2, 0) is 11.3 Å². The van der Waals surface area contributed by atoms with E-state index in [-0.39, 0.29) is 0 Å². The van der Waals surface area contributed by atoms with Crippen molar-refractivity contribution >= 4 is 5.97 Å². The average molecular weight is 239 g/mol. The summed E-state index contributed by atoms with van der Waals surface area (Å²) < 4.78 is 1.87. The summed E-state index contributed by atoms with van der Waals surface area (Å²) in [5, 5.41) is 16.3. The Morgan fingerprint density at radius 1 is 1.53 bits per heavy atom. The van der Waals surface area contributed by atoms with E-state index in [0.717, 1.165) is 19.4 Å². The minimum atomic E-state index is -0.807. The molecule has 0 aliphatic heterocycles. The SMILES string of the molecule is CCNC(C)(CCCCn1cccn1)C(=O)O. The first-order chi connectivity index (χ1) is 8.08. The normalized spacial score (nSPS) is 14.5. The van der Waals surface area contributed by atoms with Crippen molar-refractivity contribution in [3.8, 4) is 0 Å². The molecular weight excluding hydrogens is 218 g/mol. The maximum atomic E-state index is 11.2. The first-order valence-corrected chi connectivity index (χ1v) is 6.04. The van der Waals surface area contributed by atoms with Gasteiger partial charge >= 0.3 is 5.97 Å². The van der Waals surface area contributed by atoms with Gasteiger partial charge < -0.3 is 10.4 Å². The number of nitrogens with one attached hydrogen (secondary N) is 1. The topological polar surface area (TPSA) is 67.2 Å². The molecule has 0 amide bonds. The fraction of sp³-hybridized carbons (Fsp3) is 0.667. The van der Waals surface area contributed by atoms with Gasteiger partial charge in [0.05, 0.1) is 0 Å². The van der Waals surface area contributed by atoms with Crippen molar-refractivity contribution in [2.45, 2.75) is 45.2 Å². The van der Waals surface area contributed by atoms with Crippen LogP contribution in [0.1, 0.15) is 33.1 Å². The van der Waals surface area contributed by atoms with E-state index in [1.54, 1.807) is 13.1 Å². The van der Waals surface area contributed by atoms with Crippen LogP contribution in [-0.4, -0.2) is 32.9 Å². The molecule has 1 aromatic heterocycles. The second-order valence-electron chi connectivity index (χ2n) is 4.39. The Bertz CT molecular complexity index is 338. The Morgan fingerprint density at radius 2 is 2.29 bits per heavy atom. The number of carboxylic acids is 1. The van der Waals surface area contributed by atoms with Crippen LogP contribution in [0, 0.1) is 0 Å². The third-order valence-electron chi connectivity index (χ3n) is 2.91. The summed E-state index contributed by atoms with van der Waals surface area (Å²) in [4.78, 5) is 11.2. The number of hydrogen-bond acceptors (Lipinski definition) is 3. The molecule has 17 heavy (non-hydrogen) atoms. The molecule has 0 aromatic carbocycles. The fourth-order valence-electron chi connectivity index (χ4n) is 1.85. The zero-order valence-corrected chi connectivity index (χ0v) is 10.5. The van der Waals surface area contributed by atoms with E-state index in [1.807, 2.05) is 23.9 Å². The molecule has 0 fully saturated rings. The summed E-state index contributed by atoms with van der Waals surface area (Å²) in [6.45, 7) is 5.18. The quantitative estimate of drug-likeness (QED) is 0.675. The van der Waals surface area contributed by atoms with Crippen LogP contribution in [0.25, 0.3) is 0 Å². The van der Waals surface area contributed by atoms with Gasteiger partial charge in [0, 0.05) is 18.9 Å². The molecule has 1 rings (SSSR count). The first kappa shape index (κ1) is 13.7. The molecule has 0 saturated heterocycles. The molecule has 1 atom stereocenters. The molecule has 0 radical (unpaired) electrons. The van der Waals surface area contributed by atoms with Crippen molar-refractivity contribution < 1.29 is 9.90 Å². The Kier molecular flexibility index (Phi) is 5.15. The van der Waals surface area contributed by atoms with Crippen molar-refractivity contribution in [3.05, 3.63) is 18.5 Å². The zero-order valence-electron chi connectivity index (χ0n) is 10.5. The van der Waals surface area contributed by atoms with E-state index in [4.69, 9.17) is 5.11 Å². The number of aromatic nitrogens is 2. The van der Waals surface area contributed by atoms with Gasteiger partial charge in [0.25, 0.3) is 0 Å². The minimum absolute atomic E-state index is 0.636. The number of aryl methyl sites for hydroxylation is 1. The molecule has 0 bridgehead atoms. The summed E-state index contributed by atoms with van der Waals surface area (Å²) in [6.07, 6.45) is 6.11. The van der Waals surface area contributed by atoms with E-state index in [1.165, 1.54) is 0 Å². The first-order valence-electron chi connectivity index (χ1n) is 6.04. The van der Waals surface area contributed by atoms with Crippen LogP contribution >= 0.6 is 0 Å². The smallest absolute Gasteiger partial charge is 0.323 e. The summed E-state index contributed by atoms with van der Waals surface area (Å²) in [5.74, 6) is -0.779. The number of likely N-dealkylation sites (N-methyl/N-ethyl adjacent to an activating group) is 1. The van der Waals surface area contributed by atoms with Crippen LogP contribution < -0.4 is 5.32 Å². The van der Waals surface area contributed by atoms with Gasteiger partial charge in [-0.05, 0) is 38.8 Å². The molecule has 2 N–H and O–H groups in total. The third kappa shape index (κ3) is 4.19. The molecule has 1 heterocycles. The fourth-order valence-corrected chi connectivity index (χ4v) is 1.85. The highest BCUT2D eigenvalue weighted by molar-refractivity contribution is 5.78. The summed E-state index contributed by atoms with van der Waals surface area (Å²) >= 11 is 0. The second kappa shape index (κ2) is 6.39. The Hall–Kier alpha value is -1.36. The summed E-state index contributed by atoms with van der Waals surface area (Å²) in [6, 6.07) is 1.89. The largest absolute Gasteiger partial charge is 0.480 e. The third-order valence-corrected chi connectivity index (χ3v) is 2.91. The second-order valence-corrected chi connectivity index (χ2v) is 4.39. The molecule has 5 heteroatoms. The highest BCUT2D eigenvalue weighted by Crippen LogP contribution is 2.14. The summed E-state index contributed by atoms with van der Waals surface area (Å²) in [7, 11) is 0. The predicted molar refractivity (Wildman–Crippen MR) is 65.8 cm³/mol. The molecule has 5 nitrogen and oxygen atoms in total. The number of nitrogens with zero attached hydrogens (tertiary/aromatic N) is 2. The zero-order chi connectivity index (χ0) is 12.7. The van der Waals surface area contributed by atoms with Gasteiger partial charge in [0.2, 0.25) is 0 Å². The van der Waals surface area contributed by atoms with Gasteiger partial charge in [-0.2, -0.15) is 5.10 Å². The standard InChI is InChI=1S/C12H21N3O2/c1-3-13-12(2,11(16)17)7-4-5-9-15-10-6-8-14-15/h6,8,10,13H,3-5,7,9H2,1-2H3,(H,16,17). The van der Waals surface area contributed by atoms with Crippen molar-refractivity contribution in [2.75, 3.05) is 6.54 Å². The lowest BCUT2D eigenvalue weighted by Gasteiger charge is -2.25. The lowest BCUT2D eigenvalue weighted by atomic mass is 9.95. The molecule has 96 valence electrons. The van der Waals surface area contributed by atoms with Gasteiger partial charge in [0.1, 0.15) is 5.54 Å². The van der Waals surface area contributed by atoms with Crippen molar-refractivity contribution in [3.63, 3.8) is 0 Å². The Labute approximate surface area is 102 Å². The molecule has 0 saturated carbocycles. The summed E-state index contributed by atoms with van der Waals surface area (Å²) in [5.41, 5.74) is -0.807. The number of unbranched alkanes of at least 4 members (excludes halogenated alkanes) is 1. The van der Waals surface area contributed by atoms with Crippen LogP contribution in [0.5, 0.6) is 0 Å². The van der Waals surface area contributed by atoms with Gasteiger partial charge in [-0.15, -0.1) is 0 Å². The van der Waals surface area contributed by atoms with Gasteiger partial charge in [-0.1, -0.05) is 6.92 Å². The van der Waals surface area contributed by atoms with Crippen molar-refractivity contribution in [1.29, 1.82) is 0 Å². The average Bonchev–Trinajstić information content (AvgIpc) is 2.77. The van der Waals surface area contributed by atoms with Crippen LogP contribution in [0.4, 0.5) is 0 Å². The molecular formula is C12H21N3O2. The lowest BCUT2D eigenvalue weighted by molar-refractivity contribution is -0.144. The lowest BCUT2D eigenvalue weighted by Crippen LogP contribution is -2.49. The minimum Gasteiger partial charge on any atom is -0.480 e. The molecule has 1 aromatic rings. The Balaban J connectivity index is 2.30. The van der Waals surface area contributed by atoms with Crippen LogP contribution in [0.15, 0.2) is 18.5 Å². The highest BCUT2D eigenvalue weighted by atomic mass is 16.4. The van der Waals surface area contributed by atoms with Crippen molar-refractivity contribution in [2.24, 2.45) is 0 Å². The van der Waals surface area contributed by atoms with Gasteiger partial charge in [-0.3, -0.25) is 9.48 Å². The van der Waals surface area contributed by atoms with E-state index in [9.17, 15) is 4.79 Å². The molecule has 1 unspecified atom stereocenters. The number of carbonyl (C=O) groups is 1. The Morgan fingerprint density at radius 3 is 2.82 bits per heavy atom. The monoisotopic (exact) mass is 239 g/mol. The van der Waals surface area contributed by atoms with Gasteiger partial charge in [0.15, 0.2) is 0 Å². The number of hydrogen-bond donors (Lipinski definition) is 2. The van der Waals surface area contributed by atoms with Gasteiger partial charge in [-0.25, -0.2) is 0 Å². The maximum Gasteiger partial charge on any atom is 0.323 e. The number of carboxylic acid groups (broad SMARTS) is 1. The van der Waals surface area contributed by atoms with E-state index in [2.05, 4.69) is 10.4 Å². The van der Waals surface area contributed by atoms with E-state index in [0.29, 0.717) is 13.0 Å². The predicted octanol–water partition coefficient (Wildman–Crippen LogP) is 1.51. The van der Waals surface area contributed by atoms with Crippen molar-refractivity contribution in [1.82, 2.24) is 15.1 Å². The molecule has 0 spiro atoms. The molecule has 0 aliphatic rings.